The minimum absolute atomic E-state index is 0.205. The van der Waals surface area contributed by atoms with Crippen molar-refractivity contribution in [2.45, 2.75) is 19.9 Å². The standard InChI is InChI=1S/C17H17BrN2O/c1-3-20-12(2)16-9-6-14(18)10-17(16)21-15-7-4-13(11-19)5-8-15/h4-10,12,20H,3H2,1-2H3. The molecule has 0 aliphatic carbocycles. The van der Waals surface area contributed by atoms with Gasteiger partial charge in [0.25, 0.3) is 0 Å². The highest BCUT2D eigenvalue weighted by Crippen LogP contribution is 2.32. The molecule has 0 radical (unpaired) electrons. The number of rotatable bonds is 5. The van der Waals surface area contributed by atoms with Crippen LogP contribution in [0.4, 0.5) is 0 Å². The van der Waals surface area contributed by atoms with Gasteiger partial charge in [0.15, 0.2) is 0 Å². The van der Waals surface area contributed by atoms with Crippen molar-refractivity contribution < 1.29 is 4.74 Å². The summed E-state index contributed by atoms with van der Waals surface area (Å²) in [6.07, 6.45) is 0. The molecule has 0 aliphatic rings. The molecule has 0 saturated heterocycles. The molecule has 2 rings (SSSR count). The van der Waals surface area contributed by atoms with Crippen molar-refractivity contribution in [1.29, 1.82) is 5.26 Å². The maximum atomic E-state index is 8.83. The first-order chi connectivity index (χ1) is 10.1. The van der Waals surface area contributed by atoms with E-state index in [0.29, 0.717) is 5.56 Å². The van der Waals surface area contributed by atoms with Crippen molar-refractivity contribution in [3.8, 4) is 17.6 Å². The van der Waals surface area contributed by atoms with Gasteiger partial charge in [-0.25, -0.2) is 0 Å². The molecule has 0 saturated carbocycles. The van der Waals surface area contributed by atoms with Gasteiger partial charge in [0.05, 0.1) is 11.6 Å². The number of nitrogens with one attached hydrogen (secondary N) is 1. The van der Waals surface area contributed by atoms with Crippen LogP contribution >= 0.6 is 15.9 Å². The SMILES string of the molecule is CCNC(C)c1ccc(Br)cc1Oc1ccc(C#N)cc1. The van der Waals surface area contributed by atoms with Crippen LogP contribution in [-0.2, 0) is 0 Å². The summed E-state index contributed by atoms with van der Waals surface area (Å²) in [6.45, 7) is 5.09. The summed E-state index contributed by atoms with van der Waals surface area (Å²) in [5.41, 5.74) is 1.72. The Labute approximate surface area is 133 Å². The number of halogens is 1. The normalized spacial score (nSPS) is 11.7. The zero-order valence-electron chi connectivity index (χ0n) is 12.1. The second-order valence-electron chi connectivity index (χ2n) is 4.70. The molecule has 1 atom stereocenters. The van der Waals surface area contributed by atoms with Crippen LogP contribution in [0.25, 0.3) is 0 Å². The van der Waals surface area contributed by atoms with Crippen LogP contribution in [0.3, 0.4) is 0 Å². The van der Waals surface area contributed by atoms with E-state index in [1.807, 2.05) is 12.1 Å². The Balaban J connectivity index is 2.29. The van der Waals surface area contributed by atoms with Crippen LogP contribution in [0, 0.1) is 11.3 Å². The summed E-state index contributed by atoms with van der Waals surface area (Å²) < 4.78 is 6.95. The molecule has 0 aromatic heterocycles. The third kappa shape index (κ3) is 4.07. The number of ether oxygens (including phenoxy) is 1. The van der Waals surface area contributed by atoms with E-state index in [4.69, 9.17) is 10.00 Å². The summed E-state index contributed by atoms with van der Waals surface area (Å²) in [4.78, 5) is 0. The molecular weight excluding hydrogens is 328 g/mol. The van der Waals surface area contributed by atoms with Crippen molar-refractivity contribution in [3.05, 3.63) is 58.1 Å². The molecule has 0 amide bonds. The minimum Gasteiger partial charge on any atom is -0.457 e. The molecule has 2 aromatic carbocycles. The van der Waals surface area contributed by atoms with Gasteiger partial charge in [0.2, 0.25) is 0 Å². The first-order valence-corrected chi connectivity index (χ1v) is 7.64. The summed E-state index contributed by atoms with van der Waals surface area (Å²) in [5.74, 6) is 1.53. The maximum Gasteiger partial charge on any atom is 0.133 e. The van der Waals surface area contributed by atoms with Crippen molar-refractivity contribution >= 4 is 15.9 Å². The second kappa shape index (κ2) is 7.26. The second-order valence-corrected chi connectivity index (χ2v) is 5.62. The maximum absolute atomic E-state index is 8.83. The van der Waals surface area contributed by atoms with Gasteiger partial charge in [-0.2, -0.15) is 5.26 Å². The Morgan fingerprint density at radius 1 is 1.24 bits per heavy atom. The van der Waals surface area contributed by atoms with Crippen molar-refractivity contribution in [1.82, 2.24) is 5.32 Å². The molecule has 108 valence electrons. The Morgan fingerprint density at radius 3 is 2.57 bits per heavy atom. The zero-order valence-corrected chi connectivity index (χ0v) is 13.6. The Morgan fingerprint density at radius 2 is 1.95 bits per heavy atom. The Bertz CT molecular complexity index is 647. The smallest absolute Gasteiger partial charge is 0.133 e. The van der Waals surface area contributed by atoms with E-state index in [-0.39, 0.29) is 6.04 Å². The number of benzene rings is 2. The summed E-state index contributed by atoms with van der Waals surface area (Å²) >= 11 is 3.48. The summed E-state index contributed by atoms with van der Waals surface area (Å²) in [5, 5.41) is 12.2. The van der Waals surface area contributed by atoms with Gasteiger partial charge in [-0.05, 0) is 49.9 Å². The Kier molecular flexibility index (Phi) is 5.38. The van der Waals surface area contributed by atoms with Gasteiger partial charge in [-0.3, -0.25) is 0 Å². The molecule has 1 N–H and O–H groups in total. The fourth-order valence-corrected chi connectivity index (χ4v) is 2.44. The molecular formula is C17H17BrN2O. The van der Waals surface area contributed by atoms with Gasteiger partial charge < -0.3 is 10.1 Å². The average molecular weight is 345 g/mol. The predicted octanol–water partition coefficient (Wildman–Crippen LogP) is 4.78. The van der Waals surface area contributed by atoms with E-state index < -0.39 is 0 Å². The highest BCUT2D eigenvalue weighted by atomic mass is 79.9. The monoisotopic (exact) mass is 344 g/mol. The lowest BCUT2D eigenvalue weighted by molar-refractivity contribution is 0.462. The van der Waals surface area contributed by atoms with Gasteiger partial charge >= 0.3 is 0 Å². The largest absolute Gasteiger partial charge is 0.457 e. The van der Waals surface area contributed by atoms with Crippen LogP contribution in [-0.4, -0.2) is 6.54 Å². The van der Waals surface area contributed by atoms with Crippen LogP contribution in [0.15, 0.2) is 46.9 Å². The topological polar surface area (TPSA) is 45.0 Å². The Hall–Kier alpha value is -1.83. The molecule has 0 aliphatic heterocycles. The molecule has 0 heterocycles. The van der Waals surface area contributed by atoms with Crippen molar-refractivity contribution in [2.24, 2.45) is 0 Å². The van der Waals surface area contributed by atoms with Gasteiger partial charge in [-0.15, -0.1) is 0 Å². The van der Waals surface area contributed by atoms with Crippen molar-refractivity contribution in [2.75, 3.05) is 6.54 Å². The lowest BCUT2D eigenvalue weighted by Gasteiger charge is -2.18. The number of hydrogen-bond donors (Lipinski definition) is 1. The first-order valence-electron chi connectivity index (χ1n) is 6.85. The van der Waals surface area contributed by atoms with Crippen LogP contribution in [0.1, 0.15) is 31.0 Å². The molecule has 0 bridgehead atoms. The minimum atomic E-state index is 0.205. The number of nitrogens with zero attached hydrogens (tertiary/aromatic N) is 1. The highest BCUT2D eigenvalue weighted by molar-refractivity contribution is 9.10. The lowest BCUT2D eigenvalue weighted by Crippen LogP contribution is -2.18. The molecule has 3 nitrogen and oxygen atoms in total. The van der Waals surface area contributed by atoms with E-state index >= 15 is 0 Å². The van der Waals surface area contributed by atoms with Crippen LogP contribution < -0.4 is 10.1 Å². The van der Waals surface area contributed by atoms with E-state index in [9.17, 15) is 0 Å². The number of nitriles is 1. The third-order valence-electron chi connectivity index (χ3n) is 3.16. The molecule has 4 heteroatoms. The van der Waals surface area contributed by atoms with Crippen LogP contribution in [0.2, 0.25) is 0 Å². The molecule has 0 spiro atoms. The molecule has 1 unspecified atom stereocenters. The fourth-order valence-electron chi connectivity index (χ4n) is 2.09. The van der Waals surface area contributed by atoms with E-state index in [1.165, 1.54) is 0 Å². The molecule has 2 aromatic rings. The summed E-state index contributed by atoms with van der Waals surface area (Å²) in [7, 11) is 0. The van der Waals surface area contributed by atoms with Crippen molar-refractivity contribution in [3.63, 3.8) is 0 Å². The van der Waals surface area contributed by atoms with E-state index in [0.717, 1.165) is 28.1 Å². The fraction of sp³-hybridized carbons (Fsp3) is 0.235. The van der Waals surface area contributed by atoms with Gasteiger partial charge in [0.1, 0.15) is 11.5 Å². The van der Waals surface area contributed by atoms with E-state index in [2.05, 4.69) is 47.2 Å². The third-order valence-corrected chi connectivity index (χ3v) is 3.66. The average Bonchev–Trinajstić information content (AvgIpc) is 2.48. The van der Waals surface area contributed by atoms with Gasteiger partial charge in [-0.1, -0.05) is 28.9 Å². The number of hydrogen-bond acceptors (Lipinski definition) is 3. The van der Waals surface area contributed by atoms with Crippen LogP contribution in [0.5, 0.6) is 11.5 Å². The lowest BCUT2D eigenvalue weighted by atomic mass is 10.1. The highest BCUT2D eigenvalue weighted by Gasteiger charge is 2.12. The molecule has 21 heavy (non-hydrogen) atoms. The molecule has 0 fully saturated rings. The van der Waals surface area contributed by atoms with E-state index in [1.54, 1.807) is 24.3 Å². The quantitative estimate of drug-likeness (QED) is 0.848. The van der Waals surface area contributed by atoms with Gasteiger partial charge in [0, 0.05) is 16.1 Å². The zero-order chi connectivity index (χ0) is 15.2. The first kappa shape index (κ1) is 15.6. The predicted molar refractivity (Wildman–Crippen MR) is 87.5 cm³/mol. The summed E-state index contributed by atoms with van der Waals surface area (Å²) in [6, 6.07) is 15.4.